The summed E-state index contributed by atoms with van der Waals surface area (Å²) in [4.78, 5) is 21.4. The van der Waals surface area contributed by atoms with Crippen molar-refractivity contribution in [2.75, 3.05) is 27.2 Å². The SMILES string of the molecule is CN(C[C@@H]1CCN(C)[C@H]1c1cccnc1)C(=O)c1n[nH]c2c1CCC2. The number of hydrogen-bond donors (Lipinski definition) is 1. The highest BCUT2D eigenvalue weighted by Crippen LogP contribution is 2.36. The number of amides is 1. The molecule has 0 unspecified atom stereocenters. The summed E-state index contributed by atoms with van der Waals surface area (Å²) in [5, 5.41) is 7.33. The largest absolute Gasteiger partial charge is 0.340 e. The van der Waals surface area contributed by atoms with Gasteiger partial charge in [-0.05, 0) is 56.8 Å². The molecule has 0 spiro atoms. The molecule has 6 nitrogen and oxygen atoms in total. The van der Waals surface area contributed by atoms with E-state index in [4.69, 9.17) is 0 Å². The first-order valence-electron chi connectivity index (χ1n) is 9.07. The normalized spacial score (nSPS) is 23.0. The Labute approximate surface area is 148 Å². The maximum atomic E-state index is 12.9. The van der Waals surface area contributed by atoms with Crippen LogP contribution in [0.3, 0.4) is 0 Å². The minimum atomic E-state index is 0.0406. The van der Waals surface area contributed by atoms with Gasteiger partial charge in [-0.3, -0.25) is 19.8 Å². The lowest BCUT2D eigenvalue weighted by molar-refractivity contribution is 0.0754. The summed E-state index contributed by atoms with van der Waals surface area (Å²) in [6.45, 7) is 1.79. The van der Waals surface area contributed by atoms with Crippen LogP contribution in [0, 0.1) is 5.92 Å². The number of pyridine rings is 1. The average Bonchev–Trinajstić information content (AvgIpc) is 3.31. The Hall–Kier alpha value is -2.21. The molecule has 1 saturated heterocycles. The van der Waals surface area contributed by atoms with Crippen LogP contribution in [0.25, 0.3) is 0 Å². The fraction of sp³-hybridized carbons (Fsp3) is 0.526. The molecule has 0 saturated carbocycles. The number of nitrogens with one attached hydrogen (secondary N) is 1. The first kappa shape index (κ1) is 16.3. The number of aryl methyl sites for hydroxylation is 1. The van der Waals surface area contributed by atoms with Gasteiger partial charge >= 0.3 is 0 Å². The van der Waals surface area contributed by atoms with Crippen molar-refractivity contribution >= 4 is 5.91 Å². The van der Waals surface area contributed by atoms with E-state index >= 15 is 0 Å². The zero-order valence-corrected chi connectivity index (χ0v) is 14.9. The monoisotopic (exact) mass is 339 g/mol. The van der Waals surface area contributed by atoms with Gasteiger partial charge in [0.25, 0.3) is 5.91 Å². The van der Waals surface area contributed by atoms with E-state index in [1.54, 1.807) is 6.20 Å². The molecular formula is C19H25N5O. The number of rotatable bonds is 4. The number of nitrogens with zero attached hydrogens (tertiary/aromatic N) is 4. The zero-order valence-electron chi connectivity index (χ0n) is 14.9. The maximum Gasteiger partial charge on any atom is 0.274 e. The summed E-state index contributed by atoms with van der Waals surface area (Å²) in [5.41, 5.74) is 4.13. The van der Waals surface area contributed by atoms with Gasteiger partial charge in [-0.1, -0.05) is 6.07 Å². The van der Waals surface area contributed by atoms with Crippen molar-refractivity contribution in [2.24, 2.45) is 5.92 Å². The molecule has 1 aliphatic heterocycles. The molecule has 0 radical (unpaired) electrons. The summed E-state index contributed by atoms with van der Waals surface area (Å²) in [6, 6.07) is 4.43. The van der Waals surface area contributed by atoms with Crippen molar-refractivity contribution in [3.63, 3.8) is 0 Å². The van der Waals surface area contributed by atoms with Gasteiger partial charge in [0.2, 0.25) is 0 Å². The predicted molar refractivity (Wildman–Crippen MR) is 95.3 cm³/mol. The lowest BCUT2D eigenvalue weighted by Gasteiger charge is -2.28. The van der Waals surface area contributed by atoms with Gasteiger partial charge in [0.05, 0.1) is 0 Å². The Morgan fingerprint density at radius 3 is 3.12 bits per heavy atom. The van der Waals surface area contributed by atoms with E-state index in [1.807, 2.05) is 24.2 Å². The van der Waals surface area contributed by atoms with Crippen LogP contribution in [0.2, 0.25) is 0 Å². The van der Waals surface area contributed by atoms with Crippen LogP contribution in [-0.4, -0.2) is 58.1 Å². The first-order chi connectivity index (χ1) is 12.1. The number of carbonyl (C=O) groups excluding carboxylic acids is 1. The Bertz CT molecular complexity index is 756. The summed E-state index contributed by atoms with van der Waals surface area (Å²) in [5.74, 6) is 0.453. The van der Waals surface area contributed by atoms with Crippen LogP contribution in [0.1, 0.15) is 46.2 Å². The lowest BCUT2D eigenvalue weighted by atomic mass is 9.94. The molecule has 2 aromatic heterocycles. The molecule has 132 valence electrons. The van der Waals surface area contributed by atoms with Crippen molar-refractivity contribution in [3.8, 4) is 0 Å². The number of H-pyrrole nitrogens is 1. The third kappa shape index (κ3) is 2.95. The maximum absolute atomic E-state index is 12.9. The van der Waals surface area contributed by atoms with Gasteiger partial charge < -0.3 is 4.90 Å². The molecule has 2 aliphatic rings. The van der Waals surface area contributed by atoms with Crippen LogP contribution in [-0.2, 0) is 12.8 Å². The number of fused-ring (bicyclic) bond motifs is 1. The molecule has 1 N–H and O–H groups in total. The number of hydrogen-bond acceptors (Lipinski definition) is 4. The molecular weight excluding hydrogens is 314 g/mol. The van der Waals surface area contributed by atoms with Gasteiger partial charge in [0.15, 0.2) is 5.69 Å². The number of aromatic amines is 1. The van der Waals surface area contributed by atoms with E-state index in [-0.39, 0.29) is 5.91 Å². The molecule has 25 heavy (non-hydrogen) atoms. The Balaban J connectivity index is 1.49. The van der Waals surface area contributed by atoms with Gasteiger partial charge in [0.1, 0.15) is 0 Å². The second-order valence-corrected chi connectivity index (χ2v) is 7.33. The second kappa shape index (κ2) is 6.59. The lowest BCUT2D eigenvalue weighted by Crippen LogP contribution is -2.35. The van der Waals surface area contributed by atoms with E-state index in [2.05, 4.69) is 33.2 Å². The molecule has 2 aromatic rings. The Morgan fingerprint density at radius 2 is 2.32 bits per heavy atom. The van der Waals surface area contributed by atoms with E-state index in [0.717, 1.165) is 50.0 Å². The van der Waals surface area contributed by atoms with Crippen LogP contribution in [0.15, 0.2) is 24.5 Å². The van der Waals surface area contributed by atoms with Crippen molar-refractivity contribution in [3.05, 3.63) is 47.0 Å². The highest BCUT2D eigenvalue weighted by Gasteiger charge is 2.35. The standard InChI is InChI=1S/C19H25N5O/c1-23-10-8-14(18(23)13-5-4-9-20-11-13)12-24(2)19(25)17-15-6-3-7-16(15)21-22-17/h4-5,9,11,14,18H,3,6-8,10,12H2,1-2H3,(H,21,22)/t14-,18-/m0/s1. The van der Waals surface area contributed by atoms with E-state index < -0.39 is 0 Å². The Morgan fingerprint density at radius 1 is 1.44 bits per heavy atom. The number of carbonyl (C=O) groups is 1. The summed E-state index contributed by atoms with van der Waals surface area (Å²) in [7, 11) is 4.05. The second-order valence-electron chi connectivity index (χ2n) is 7.33. The summed E-state index contributed by atoms with van der Waals surface area (Å²) in [6.07, 6.45) is 7.93. The summed E-state index contributed by atoms with van der Waals surface area (Å²) < 4.78 is 0. The topological polar surface area (TPSA) is 65.1 Å². The van der Waals surface area contributed by atoms with Crippen LogP contribution < -0.4 is 0 Å². The molecule has 4 rings (SSSR count). The van der Waals surface area contributed by atoms with E-state index in [0.29, 0.717) is 17.7 Å². The molecule has 1 aliphatic carbocycles. The van der Waals surface area contributed by atoms with E-state index in [1.165, 1.54) is 5.56 Å². The van der Waals surface area contributed by atoms with E-state index in [9.17, 15) is 4.79 Å². The molecule has 2 atom stereocenters. The van der Waals surface area contributed by atoms with Gasteiger partial charge in [-0.2, -0.15) is 5.10 Å². The third-order valence-electron chi connectivity index (χ3n) is 5.66. The first-order valence-corrected chi connectivity index (χ1v) is 9.07. The van der Waals surface area contributed by atoms with Gasteiger partial charge in [-0.25, -0.2) is 0 Å². The molecule has 0 aromatic carbocycles. The minimum absolute atomic E-state index is 0.0406. The number of likely N-dealkylation sites (tertiary alicyclic amines) is 1. The summed E-state index contributed by atoms with van der Waals surface area (Å²) >= 11 is 0. The van der Waals surface area contributed by atoms with Crippen LogP contribution >= 0.6 is 0 Å². The van der Waals surface area contributed by atoms with Crippen LogP contribution in [0.4, 0.5) is 0 Å². The van der Waals surface area contributed by atoms with Crippen molar-refractivity contribution < 1.29 is 4.79 Å². The van der Waals surface area contributed by atoms with Gasteiger partial charge in [-0.15, -0.1) is 0 Å². The molecule has 6 heteroatoms. The van der Waals surface area contributed by atoms with Crippen LogP contribution in [0.5, 0.6) is 0 Å². The quantitative estimate of drug-likeness (QED) is 0.926. The fourth-order valence-electron chi connectivity index (χ4n) is 4.41. The smallest absolute Gasteiger partial charge is 0.274 e. The fourth-order valence-corrected chi connectivity index (χ4v) is 4.41. The molecule has 0 bridgehead atoms. The molecule has 1 fully saturated rings. The predicted octanol–water partition coefficient (Wildman–Crippen LogP) is 2.06. The highest BCUT2D eigenvalue weighted by molar-refractivity contribution is 5.94. The third-order valence-corrected chi connectivity index (χ3v) is 5.66. The molecule has 3 heterocycles. The Kier molecular flexibility index (Phi) is 4.29. The average molecular weight is 339 g/mol. The van der Waals surface area contributed by atoms with Crippen molar-refractivity contribution in [1.82, 2.24) is 25.0 Å². The molecule has 1 amide bonds. The zero-order chi connectivity index (χ0) is 17.4. The highest BCUT2D eigenvalue weighted by atomic mass is 16.2. The van der Waals surface area contributed by atoms with Gasteiger partial charge in [0, 0.05) is 43.3 Å². The van der Waals surface area contributed by atoms with Crippen molar-refractivity contribution in [1.29, 1.82) is 0 Å². The number of aromatic nitrogens is 3. The minimum Gasteiger partial charge on any atom is -0.340 e. The van der Waals surface area contributed by atoms with Crippen molar-refractivity contribution in [2.45, 2.75) is 31.7 Å².